The fraction of sp³-hybridized carbons (Fsp3) is 0.286. The van der Waals surface area contributed by atoms with E-state index in [9.17, 15) is 4.39 Å². The second kappa shape index (κ2) is 6.06. The SMILES string of the molecule is CNc1nc(-c2ccc(F)cc2Cl)nc(C(C)C)c1Br. The minimum atomic E-state index is -0.381. The smallest absolute Gasteiger partial charge is 0.163 e. The molecule has 0 atom stereocenters. The zero-order valence-electron chi connectivity index (χ0n) is 11.3. The number of nitrogens with zero attached hydrogens (tertiary/aromatic N) is 2. The molecule has 0 saturated carbocycles. The van der Waals surface area contributed by atoms with E-state index < -0.39 is 0 Å². The van der Waals surface area contributed by atoms with Crippen molar-refractivity contribution in [3.63, 3.8) is 0 Å². The first kappa shape index (κ1) is 15.2. The highest BCUT2D eigenvalue weighted by Gasteiger charge is 2.16. The van der Waals surface area contributed by atoms with Crippen LogP contribution in [0.5, 0.6) is 0 Å². The third-order valence-corrected chi connectivity index (χ3v) is 3.93. The molecule has 0 aliphatic carbocycles. The highest BCUT2D eigenvalue weighted by atomic mass is 79.9. The first-order chi connectivity index (χ1) is 9.43. The highest BCUT2D eigenvalue weighted by molar-refractivity contribution is 9.10. The quantitative estimate of drug-likeness (QED) is 0.851. The molecule has 0 bridgehead atoms. The summed E-state index contributed by atoms with van der Waals surface area (Å²) in [6.45, 7) is 4.09. The third kappa shape index (κ3) is 2.94. The van der Waals surface area contributed by atoms with Crippen LogP contribution in [0.2, 0.25) is 5.02 Å². The van der Waals surface area contributed by atoms with Gasteiger partial charge in [-0.3, -0.25) is 0 Å². The van der Waals surface area contributed by atoms with Crippen LogP contribution < -0.4 is 5.32 Å². The van der Waals surface area contributed by atoms with E-state index in [4.69, 9.17) is 11.6 Å². The van der Waals surface area contributed by atoms with Gasteiger partial charge in [-0.1, -0.05) is 25.4 Å². The maximum Gasteiger partial charge on any atom is 0.163 e. The Morgan fingerprint density at radius 3 is 2.55 bits per heavy atom. The topological polar surface area (TPSA) is 37.8 Å². The van der Waals surface area contributed by atoms with E-state index in [0.29, 0.717) is 22.2 Å². The zero-order valence-corrected chi connectivity index (χ0v) is 13.7. The van der Waals surface area contributed by atoms with Crippen molar-refractivity contribution >= 4 is 33.3 Å². The Morgan fingerprint density at radius 1 is 1.30 bits per heavy atom. The molecule has 1 heterocycles. The van der Waals surface area contributed by atoms with Gasteiger partial charge < -0.3 is 5.32 Å². The van der Waals surface area contributed by atoms with Crippen LogP contribution in [0, 0.1) is 5.82 Å². The van der Waals surface area contributed by atoms with Gasteiger partial charge in [0.1, 0.15) is 11.6 Å². The number of hydrogen-bond donors (Lipinski definition) is 1. The van der Waals surface area contributed by atoms with Crippen molar-refractivity contribution in [1.29, 1.82) is 0 Å². The summed E-state index contributed by atoms with van der Waals surface area (Å²) in [5.74, 6) is 0.997. The van der Waals surface area contributed by atoms with Gasteiger partial charge in [0.15, 0.2) is 5.82 Å². The molecule has 1 aromatic carbocycles. The Bertz CT molecular complexity index is 647. The van der Waals surface area contributed by atoms with E-state index >= 15 is 0 Å². The molecule has 1 aromatic heterocycles. The number of nitrogens with one attached hydrogen (secondary N) is 1. The van der Waals surface area contributed by atoms with Crippen molar-refractivity contribution in [2.75, 3.05) is 12.4 Å². The molecule has 0 unspecified atom stereocenters. The number of hydrogen-bond acceptors (Lipinski definition) is 3. The van der Waals surface area contributed by atoms with Crippen LogP contribution in [0.25, 0.3) is 11.4 Å². The molecule has 20 heavy (non-hydrogen) atoms. The van der Waals surface area contributed by atoms with Crippen molar-refractivity contribution in [3.8, 4) is 11.4 Å². The van der Waals surface area contributed by atoms with Crippen LogP contribution in [0.15, 0.2) is 22.7 Å². The summed E-state index contributed by atoms with van der Waals surface area (Å²) in [6, 6.07) is 4.20. The lowest BCUT2D eigenvalue weighted by Gasteiger charge is -2.14. The molecule has 106 valence electrons. The van der Waals surface area contributed by atoms with Gasteiger partial charge in [-0.15, -0.1) is 0 Å². The van der Waals surface area contributed by atoms with Crippen LogP contribution in [0.4, 0.5) is 10.2 Å². The fourth-order valence-electron chi connectivity index (χ4n) is 1.80. The molecule has 3 nitrogen and oxygen atoms in total. The summed E-state index contributed by atoms with van der Waals surface area (Å²) < 4.78 is 14.0. The van der Waals surface area contributed by atoms with Crippen LogP contribution in [-0.2, 0) is 0 Å². The second-order valence-electron chi connectivity index (χ2n) is 4.62. The molecular formula is C14H14BrClFN3. The highest BCUT2D eigenvalue weighted by Crippen LogP contribution is 2.33. The van der Waals surface area contributed by atoms with Crippen molar-refractivity contribution in [2.45, 2.75) is 19.8 Å². The van der Waals surface area contributed by atoms with Crippen molar-refractivity contribution in [2.24, 2.45) is 0 Å². The molecule has 2 rings (SSSR count). The Morgan fingerprint density at radius 2 is 2.00 bits per heavy atom. The lowest BCUT2D eigenvalue weighted by atomic mass is 10.1. The minimum Gasteiger partial charge on any atom is -0.372 e. The third-order valence-electron chi connectivity index (χ3n) is 2.83. The molecule has 0 aliphatic rings. The maximum atomic E-state index is 13.1. The number of halogens is 3. The molecular weight excluding hydrogens is 345 g/mol. The fourth-order valence-corrected chi connectivity index (χ4v) is 2.89. The zero-order chi connectivity index (χ0) is 14.9. The first-order valence-corrected chi connectivity index (χ1v) is 7.31. The van der Waals surface area contributed by atoms with Gasteiger partial charge in [-0.25, -0.2) is 14.4 Å². The summed E-state index contributed by atoms with van der Waals surface area (Å²) in [6.07, 6.45) is 0. The van der Waals surface area contributed by atoms with E-state index in [-0.39, 0.29) is 11.7 Å². The Hall–Kier alpha value is -1.20. The summed E-state index contributed by atoms with van der Waals surface area (Å²) >= 11 is 9.58. The largest absolute Gasteiger partial charge is 0.372 e. The number of aromatic nitrogens is 2. The lowest BCUT2D eigenvalue weighted by Crippen LogP contribution is -2.05. The molecule has 0 saturated heterocycles. The Labute approximate surface area is 130 Å². The van der Waals surface area contributed by atoms with E-state index in [1.165, 1.54) is 12.1 Å². The van der Waals surface area contributed by atoms with Gasteiger partial charge in [-0.2, -0.15) is 0 Å². The van der Waals surface area contributed by atoms with Crippen molar-refractivity contribution in [3.05, 3.63) is 39.2 Å². The van der Waals surface area contributed by atoms with Gasteiger partial charge in [0.05, 0.1) is 15.2 Å². The van der Waals surface area contributed by atoms with Crippen LogP contribution in [-0.4, -0.2) is 17.0 Å². The van der Waals surface area contributed by atoms with Crippen molar-refractivity contribution in [1.82, 2.24) is 9.97 Å². The predicted octanol–water partition coefficient (Wildman–Crippen LogP) is 4.86. The van der Waals surface area contributed by atoms with E-state index in [2.05, 4.69) is 31.2 Å². The molecule has 0 fully saturated rings. The average Bonchev–Trinajstić information content (AvgIpc) is 2.39. The Balaban J connectivity index is 2.65. The number of rotatable bonds is 3. The maximum absolute atomic E-state index is 13.1. The number of anilines is 1. The molecule has 2 aromatic rings. The van der Waals surface area contributed by atoms with Crippen LogP contribution >= 0.6 is 27.5 Å². The Kier molecular flexibility index (Phi) is 4.60. The van der Waals surface area contributed by atoms with Gasteiger partial charge in [-0.05, 0) is 40.0 Å². The molecule has 0 spiro atoms. The van der Waals surface area contributed by atoms with E-state index in [0.717, 1.165) is 10.2 Å². The van der Waals surface area contributed by atoms with Gasteiger partial charge in [0.2, 0.25) is 0 Å². The molecule has 0 amide bonds. The molecule has 0 radical (unpaired) electrons. The number of benzene rings is 1. The predicted molar refractivity (Wildman–Crippen MR) is 83.8 cm³/mol. The second-order valence-corrected chi connectivity index (χ2v) is 5.82. The van der Waals surface area contributed by atoms with E-state index in [1.54, 1.807) is 13.1 Å². The summed E-state index contributed by atoms with van der Waals surface area (Å²) in [4.78, 5) is 8.95. The van der Waals surface area contributed by atoms with Gasteiger partial charge in [0, 0.05) is 12.6 Å². The van der Waals surface area contributed by atoms with Crippen LogP contribution in [0.1, 0.15) is 25.5 Å². The summed E-state index contributed by atoms with van der Waals surface area (Å²) in [5.41, 5.74) is 1.48. The summed E-state index contributed by atoms with van der Waals surface area (Å²) in [5, 5.41) is 3.31. The molecule has 0 aliphatic heterocycles. The monoisotopic (exact) mass is 357 g/mol. The summed E-state index contributed by atoms with van der Waals surface area (Å²) in [7, 11) is 1.78. The normalized spacial score (nSPS) is 10.9. The minimum absolute atomic E-state index is 0.220. The molecule has 1 N–H and O–H groups in total. The standard InChI is InChI=1S/C14H14BrClFN3/c1-7(2)12-11(15)14(18-3)20-13(19-12)9-5-4-8(17)6-10(9)16/h4-7H,1-3H3,(H,18,19,20). The van der Waals surface area contributed by atoms with Gasteiger partial charge >= 0.3 is 0 Å². The average molecular weight is 359 g/mol. The lowest BCUT2D eigenvalue weighted by molar-refractivity contribution is 0.628. The van der Waals surface area contributed by atoms with Crippen molar-refractivity contribution < 1.29 is 4.39 Å². The van der Waals surface area contributed by atoms with Crippen LogP contribution in [0.3, 0.4) is 0 Å². The van der Waals surface area contributed by atoms with E-state index in [1.807, 2.05) is 13.8 Å². The first-order valence-electron chi connectivity index (χ1n) is 6.14. The molecule has 6 heteroatoms. The van der Waals surface area contributed by atoms with Gasteiger partial charge in [0.25, 0.3) is 0 Å².